The molecule has 0 aromatic carbocycles. The first-order valence-corrected chi connectivity index (χ1v) is 4.57. The predicted molar refractivity (Wildman–Crippen MR) is 43.0 cm³/mol. The fourth-order valence-electron chi connectivity index (χ4n) is 2.43. The van der Waals surface area contributed by atoms with Gasteiger partial charge in [0.05, 0.1) is 12.1 Å². The van der Waals surface area contributed by atoms with Crippen LogP contribution in [0.4, 0.5) is 0 Å². The van der Waals surface area contributed by atoms with Gasteiger partial charge >= 0.3 is 0 Å². The molecule has 2 rings (SSSR count). The van der Waals surface area contributed by atoms with Crippen molar-refractivity contribution in [2.45, 2.75) is 44.2 Å². The van der Waals surface area contributed by atoms with Gasteiger partial charge in [-0.2, -0.15) is 5.26 Å². The molecule has 2 saturated heterocycles. The molecule has 0 aromatic heterocycles. The van der Waals surface area contributed by atoms with Gasteiger partial charge in [0.2, 0.25) is 0 Å². The Morgan fingerprint density at radius 1 is 1.18 bits per heavy atom. The van der Waals surface area contributed by atoms with Crippen LogP contribution in [0.1, 0.15) is 32.1 Å². The molecule has 2 heteroatoms. The van der Waals surface area contributed by atoms with E-state index in [2.05, 4.69) is 11.0 Å². The van der Waals surface area contributed by atoms with Gasteiger partial charge in [0.1, 0.15) is 0 Å². The van der Waals surface area contributed by atoms with Crippen molar-refractivity contribution in [3.8, 4) is 6.07 Å². The van der Waals surface area contributed by atoms with E-state index < -0.39 is 0 Å². The number of hydrogen-bond donors (Lipinski definition) is 0. The lowest BCUT2D eigenvalue weighted by atomic mass is 9.97. The highest BCUT2D eigenvalue weighted by molar-refractivity contribution is 4.99. The largest absolute Gasteiger partial charge is 0.285 e. The van der Waals surface area contributed by atoms with Crippen molar-refractivity contribution < 1.29 is 0 Å². The van der Waals surface area contributed by atoms with E-state index in [1.807, 2.05) is 0 Å². The maximum atomic E-state index is 8.85. The summed E-state index contributed by atoms with van der Waals surface area (Å²) in [5, 5.41) is 8.85. The number of rotatable bonds is 0. The van der Waals surface area contributed by atoms with E-state index in [1.165, 1.54) is 32.2 Å². The summed E-state index contributed by atoms with van der Waals surface area (Å²) in [6.45, 7) is 1.17. The zero-order chi connectivity index (χ0) is 7.68. The molecule has 0 spiro atoms. The second-order valence-corrected chi connectivity index (χ2v) is 3.61. The maximum absolute atomic E-state index is 8.85. The Kier molecular flexibility index (Phi) is 1.83. The third-order valence-electron chi connectivity index (χ3n) is 2.99. The minimum atomic E-state index is 0.247. The molecule has 0 aliphatic carbocycles. The molecule has 0 amide bonds. The Morgan fingerprint density at radius 3 is 2.82 bits per heavy atom. The Hall–Kier alpha value is -0.550. The summed E-state index contributed by atoms with van der Waals surface area (Å²) in [6.07, 6.45) is 6.34. The summed E-state index contributed by atoms with van der Waals surface area (Å²) in [4.78, 5) is 2.41. The monoisotopic (exact) mass is 150 g/mol. The average Bonchev–Trinajstić information content (AvgIpc) is 2.50. The number of fused-ring (bicyclic) bond motifs is 1. The van der Waals surface area contributed by atoms with Crippen molar-refractivity contribution >= 4 is 0 Å². The molecule has 0 bridgehead atoms. The Balaban J connectivity index is 2.08. The smallest absolute Gasteiger partial charge is 0.0980 e. The number of hydrogen-bond acceptors (Lipinski definition) is 2. The van der Waals surface area contributed by atoms with Crippen LogP contribution in [0.3, 0.4) is 0 Å². The predicted octanol–water partition coefficient (Wildman–Crippen LogP) is 1.53. The Bertz CT molecular complexity index is 182. The van der Waals surface area contributed by atoms with Crippen LogP contribution < -0.4 is 0 Å². The van der Waals surface area contributed by atoms with Gasteiger partial charge in [0.25, 0.3) is 0 Å². The van der Waals surface area contributed by atoms with Crippen LogP contribution in [0.2, 0.25) is 0 Å². The van der Waals surface area contributed by atoms with Gasteiger partial charge in [-0.15, -0.1) is 0 Å². The molecule has 2 atom stereocenters. The average molecular weight is 150 g/mol. The zero-order valence-corrected chi connectivity index (χ0v) is 6.79. The third kappa shape index (κ3) is 1.14. The first-order chi connectivity index (χ1) is 5.42. The highest BCUT2D eigenvalue weighted by atomic mass is 15.2. The molecule has 0 N–H and O–H groups in total. The van der Waals surface area contributed by atoms with Gasteiger partial charge in [-0.1, -0.05) is 0 Å². The van der Waals surface area contributed by atoms with Crippen LogP contribution in [0.25, 0.3) is 0 Å². The quantitative estimate of drug-likeness (QED) is 0.523. The van der Waals surface area contributed by atoms with Gasteiger partial charge in [0.15, 0.2) is 0 Å². The van der Waals surface area contributed by atoms with Gasteiger partial charge in [-0.3, -0.25) is 4.90 Å². The second kappa shape index (κ2) is 2.83. The fraction of sp³-hybridized carbons (Fsp3) is 0.889. The lowest BCUT2D eigenvalue weighted by Gasteiger charge is -2.33. The molecule has 2 aliphatic heterocycles. The summed E-state index contributed by atoms with van der Waals surface area (Å²) in [5.41, 5.74) is 0. The normalized spacial score (nSPS) is 38.1. The van der Waals surface area contributed by atoms with Gasteiger partial charge in [0, 0.05) is 6.04 Å². The first kappa shape index (κ1) is 7.12. The molecular weight excluding hydrogens is 136 g/mol. The summed E-state index contributed by atoms with van der Waals surface area (Å²) in [6, 6.07) is 3.41. The summed E-state index contributed by atoms with van der Waals surface area (Å²) in [5.74, 6) is 0. The highest BCUT2D eigenvalue weighted by Gasteiger charge is 2.33. The van der Waals surface area contributed by atoms with E-state index in [-0.39, 0.29) is 6.04 Å². The van der Waals surface area contributed by atoms with E-state index in [0.29, 0.717) is 0 Å². The Morgan fingerprint density at radius 2 is 2.00 bits per heavy atom. The standard InChI is InChI=1S/C9H14N2/c10-7-9-4-1-3-8-5-2-6-11(8)9/h8-9H,1-6H2. The molecule has 2 heterocycles. The van der Waals surface area contributed by atoms with Crippen LogP contribution >= 0.6 is 0 Å². The molecule has 60 valence electrons. The molecular formula is C9H14N2. The van der Waals surface area contributed by atoms with Crippen molar-refractivity contribution in [3.05, 3.63) is 0 Å². The van der Waals surface area contributed by atoms with Crippen LogP contribution in [0, 0.1) is 11.3 Å². The molecule has 2 aliphatic rings. The zero-order valence-electron chi connectivity index (χ0n) is 6.79. The van der Waals surface area contributed by atoms with E-state index in [1.54, 1.807) is 0 Å². The molecule has 11 heavy (non-hydrogen) atoms. The van der Waals surface area contributed by atoms with Crippen LogP contribution in [0.15, 0.2) is 0 Å². The molecule has 0 radical (unpaired) electrons. The van der Waals surface area contributed by atoms with Crippen LogP contribution in [-0.2, 0) is 0 Å². The van der Waals surface area contributed by atoms with Crippen LogP contribution in [-0.4, -0.2) is 23.5 Å². The molecule has 0 aromatic rings. The minimum Gasteiger partial charge on any atom is -0.285 e. The topological polar surface area (TPSA) is 27.0 Å². The number of piperidine rings is 1. The number of nitrogens with zero attached hydrogens (tertiary/aromatic N) is 2. The summed E-state index contributed by atoms with van der Waals surface area (Å²) >= 11 is 0. The second-order valence-electron chi connectivity index (χ2n) is 3.61. The molecule has 2 fully saturated rings. The van der Waals surface area contributed by atoms with Crippen molar-refractivity contribution in [2.75, 3.05) is 6.54 Å². The van der Waals surface area contributed by atoms with E-state index in [0.717, 1.165) is 12.5 Å². The van der Waals surface area contributed by atoms with E-state index in [4.69, 9.17) is 5.26 Å². The maximum Gasteiger partial charge on any atom is 0.0980 e. The highest BCUT2D eigenvalue weighted by Crippen LogP contribution is 2.30. The van der Waals surface area contributed by atoms with Gasteiger partial charge < -0.3 is 0 Å². The molecule has 2 nitrogen and oxygen atoms in total. The summed E-state index contributed by atoms with van der Waals surface area (Å²) < 4.78 is 0. The van der Waals surface area contributed by atoms with Crippen molar-refractivity contribution in [2.24, 2.45) is 0 Å². The van der Waals surface area contributed by atoms with Gasteiger partial charge in [-0.25, -0.2) is 0 Å². The lowest BCUT2D eigenvalue weighted by Crippen LogP contribution is -2.41. The number of nitriles is 1. The fourth-order valence-corrected chi connectivity index (χ4v) is 2.43. The minimum absolute atomic E-state index is 0.247. The molecule has 2 unspecified atom stereocenters. The Labute approximate surface area is 67.8 Å². The van der Waals surface area contributed by atoms with Crippen LogP contribution in [0.5, 0.6) is 0 Å². The SMILES string of the molecule is N#CC1CCCC2CCCN12. The van der Waals surface area contributed by atoms with E-state index in [9.17, 15) is 0 Å². The van der Waals surface area contributed by atoms with Crippen molar-refractivity contribution in [3.63, 3.8) is 0 Å². The van der Waals surface area contributed by atoms with E-state index >= 15 is 0 Å². The van der Waals surface area contributed by atoms with Crippen molar-refractivity contribution in [1.82, 2.24) is 4.90 Å². The van der Waals surface area contributed by atoms with Crippen molar-refractivity contribution in [1.29, 1.82) is 5.26 Å². The third-order valence-corrected chi connectivity index (χ3v) is 2.99. The first-order valence-electron chi connectivity index (χ1n) is 4.57. The lowest BCUT2D eigenvalue weighted by molar-refractivity contribution is 0.157. The molecule has 0 saturated carbocycles. The summed E-state index contributed by atoms with van der Waals surface area (Å²) in [7, 11) is 0. The van der Waals surface area contributed by atoms with Gasteiger partial charge in [-0.05, 0) is 38.6 Å².